The Hall–Kier alpha value is -1.89. The molecule has 2 N–H and O–H groups in total. The molecule has 0 saturated carbocycles. The monoisotopic (exact) mass is 278 g/mol. The summed E-state index contributed by atoms with van der Waals surface area (Å²) in [7, 11) is 4.12. The maximum absolute atomic E-state index is 11.5. The Balaban J connectivity index is 2.16. The van der Waals surface area contributed by atoms with Crippen molar-refractivity contribution in [2.45, 2.75) is 20.8 Å². The van der Waals surface area contributed by atoms with Gasteiger partial charge in [-0.25, -0.2) is 19.3 Å². The van der Waals surface area contributed by atoms with E-state index in [-0.39, 0.29) is 11.1 Å². The van der Waals surface area contributed by atoms with E-state index in [1.165, 1.54) is 4.40 Å². The first-order valence-corrected chi connectivity index (χ1v) is 6.62. The minimum absolute atomic E-state index is 0.121. The van der Waals surface area contributed by atoms with Crippen LogP contribution < -0.4 is 11.0 Å². The predicted molar refractivity (Wildman–Crippen MR) is 79.2 cm³/mol. The Morgan fingerprint density at radius 2 is 2.15 bits per heavy atom. The molecule has 20 heavy (non-hydrogen) atoms. The molecule has 7 heteroatoms. The van der Waals surface area contributed by atoms with Crippen molar-refractivity contribution in [2.75, 3.05) is 32.5 Å². The van der Waals surface area contributed by atoms with Crippen molar-refractivity contribution >= 4 is 11.5 Å². The van der Waals surface area contributed by atoms with E-state index in [1.807, 2.05) is 0 Å². The topological polar surface area (TPSA) is 78.3 Å². The van der Waals surface area contributed by atoms with E-state index in [1.54, 1.807) is 13.0 Å². The van der Waals surface area contributed by atoms with Crippen LogP contribution in [0.2, 0.25) is 0 Å². The van der Waals surface area contributed by atoms with Crippen LogP contribution in [-0.4, -0.2) is 51.7 Å². The van der Waals surface area contributed by atoms with E-state index < -0.39 is 0 Å². The maximum atomic E-state index is 11.5. The van der Waals surface area contributed by atoms with E-state index >= 15 is 0 Å². The van der Waals surface area contributed by atoms with E-state index in [2.05, 4.69) is 53.3 Å². The molecule has 0 fully saturated rings. The molecule has 0 aliphatic heterocycles. The van der Waals surface area contributed by atoms with E-state index in [9.17, 15) is 4.79 Å². The van der Waals surface area contributed by atoms with E-state index in [0.717, 1.165) is 18.9 Å². The third-order valence-corrected chi connectivity index (χ3v) is 3.06. The zero-order valence-corrected chi connectivity index (χ0v) is 12.7. The second kappa shape index (κ2) is 5.24. The lowest BCUT2D eigenvalue weighted by Gasteiger charge is -2.28. The molecule has 0 aliphatic rings. The lowest BCUT2D eigenvalue weighted by molar-refractivity contribution is 0.254. The smallest absolute Gasteiger partial charge is 0.349 e. The molecule has 2 aromatic rings. The SMILES string of the molecule is Cc1nc(NCC(C)(C)CN(C)C)cc2n[nH]c(=O)n12. The van der Waals surface area contributed by atoms with Gasteiger partial charge in [0.15, 0.2) is 5.65 Å². The second-order valence-electron chi connectivity index (χ2n) is 6.17. The number of anilines is 1. The number of nitrogens with one attached hydrogen (secondary N) is 2. The predicted octanol–water partition coefficient (Wildman–Crippen LogP) is 0.726. The van der Waals surface area contributed by atoms with Crippen LogP contribution in [0.5, 0.6) is 0 Å². The molecule has 0 atom stereocenters. The Kier molecular flexibility index (Phi) is 3.80. The molecular formula is C13H22N6O. The normalized spacial score (nSPS) is 12.3. The van der Waals surface area contributed by atoms with Crippen LogP contribution in [0.1, 0.15) is 19.7 Å². The van der Waals surface area contributed by atoms with Gasteiger partial charge in [0.2, 0.25) is 0 Å². The van der Waals surface area contributed by atoms with Crippen LogP contribution >= 0.6 is 0 Å². The molecule has 0 spiro atoms. The fourth-order valence-electron chi connectivity index (χ4n) is 2.43. The summed E-state index contributed by atoms with van der Waals surface area (Å²) in [5, 5.41) is 9.72. The lowest BCUT2D eigenvalue weighted by atomic mass is 9.93. The van der Waals surface area contributed by atoms with Gasteiger partial charge in [0, 0.05) is 19.2 Å². The molecule has 2 aromatic heterocycles. The maximum Gasteiger partial charge on any atom is 0.349 e. The molecule has 0 bridgehead atoms. The number of hydrogen-bond donors (Lipinski definition) is 2. The van der Waals surface area contributed by atoms with Crippen molar-refractivity contribution in [3.05, 3.63) is 22.4 Å². The number of hydrogen-bond acceptors (Lipinski definition) is 5. The molecule has 2 rings (SSSR count). The first kappa shape index (κ1) is 14.5. The number of aromatic amines is 1. The second-order valence-corrected chi connectivity index (χ2v) is 6.17. The van der Waals surface area contributed by atoms with Crippen molar-refractivity contribution in [3.8, 4) is 0 Å². The quantitative estimate of drug-likeness (QED) is 0.843. The van der Waals surface area contributed by atoms with Crippen molar-refractivity contribution in [1.82, 2.24) is 24.5 Å². The summed E-state index contributed by atoms with van der Waals surface area (Å²) >= 11 is 0. The van der Waals surface area contributed by atoms with Gasteiger partial charge in [-0.2, -0.15) is 5.10 Å². The summed E-state index contributed by atoms with van der Waals surface area (Å²) in [6.07, 6.45) is 0. The van der Waals surface area contributed by atoms with Crippen molar-refractivity contribution in [1.29, 1.82) is 0 Å². The molecule has 110 valence electrons. The summed E-state index contributed by atoms with van der Waals surface area (Å²) in [5.74, 6) is 1.36. The number of rotatable bonds is 5. The highest BCUT2D eigenvalue weighted by Crippen LogP contribution is 2.17. The van der Waals surface area contributed by atoms with E-state index in [0.29, 0.717) is 11.5 Å². The van der Waals surface area contributed by atoms with Crippen molar-refractivity contribution in [2.24, 2.45) is 5.41 Å². The molecule has 0 unspecified atom stereocenters. The van der Waals surface area contributed by atoms with Crippen molar-refractivity contribution in [3.63, 3.8) is 0 Å². The highest BCUT2D eigenvalue weighted by Gasteiger charge is 2.19. The third-order valence-electron chi connectivity index (χ3n) is 3.06. The zero-order chi connectivity index (χ0) is 14.9. The summed E-state index contributed by atoms with van der Waals surface area (Å²) in [6.45, 7) is 7.96. The van der Waals surface area contributed by atoms with Crippen molar-refractivity contribution < 1.29 is 0 Å². The molecule has 0 aliphatic carbocycles. The zero-order valence-electron chi connectivity index (χ0n) is 12.7. The van der Waals surface area contributed by atoms with Gasteiger partial charge in [0.05, 0.1) is 0 Å². The molecule has 0 amide bonds. The van der Waals surface area contributed by atoms with Gasteiger partial charge in [-0.05, 0) is 26.4 Å². The number of fused-ring (bicyclic) bond motifs is 1. The van der Waals surface area contributed by atoms with Crippen LogP contribution in [0.15, 0.2) is 10.9 Å². The first-order chi connectivity index (χ1) is 9.28. The lowest BCUT2D eigenvalue weighted by Crippen LogP contribution is -2.34. The molecule has 0 saturated heterocycles. The van der Waals surface area contributed by atoms with Crippen LogP contribution in [-0.2, 0) is 0 Å². The highest BCUT2D eigenvalue weighted by atomic mass is 16.1. The van der Waals surface area contributed by atoms with Gasteiger partial charge in [-0.15, -0.1) is 0 Å². The van der Waals surface area contributed by atoms with Gasteiger partial charge >= 0.3 is 5.69 Å². The Morgan fingerprint density at radius 1 is 1.45 bits per heavy atom. The van der Waals surface area contributed by atoms with Gasteiger partial charge in [0.1, 0.15) is 11.6 Å². The average molecular weight is 278 g/mol. The standard InChI is InChI=1S/C13H22N6O/c1-9-15-10(6-11-16-17-12(20)19(9)11)14-7-13(2,3)8-18(4)5/h6,14H,7-8H2,1-5H3,(H,17,20). The average Bonchev–Trinajstić information content (AvgIpc) is 2.67. The molecular weight excluding hydrogens is 256 g/mol. The number of nitrogens with zero attached hydrogens (tertiary/aromatic N) is 4. The summed E-state index contributed by atoms with van der Waals surface area (Å²) in [6, 6.07) is 1.77. The summed E-state index contributed by atoms with van der Waals surface area (Å²) < 4.78 is 1.45. The van der Waals surface area contributed by atoms with Gasteiger partial charge < -0.3 is 10.2 Å². The minimum Gasteiger partial charge on any atom is -0.369 e. The van der Waals surface area contributed by atoms with Gasteiger partial charge in [-0.3, -0.25) is 0 Å². The van der Waals surface area contributed by atoms with Crippen LogP contribution in [0.3, 0.4) is 0 Å². The molecule has 2 heterocycles. The van der Waals surface area contributed by atoms with E-state index in [4.69, 9.17) is 0 Å². The Bertz CT molecular complexity index is 654. The molecule has 7 nitrogen and oxygen atoms in total. The number of aromatic nitrogens is 4. The van der Waals surface area contributed by atoms with Crippen LogP contribution in [0.4, 0.5) is 5.82 Å². The number of H-pyrrole nitrogens is 1. The summed E-state index contributed by atoms with van der Waals surface area (Å²) in [5.41, 5.74) is 0.441. The largest absolute Gasteiger partial charge is 0.369 e. The first-order valence-electron chi connectivity index (χ1n) is 6.62. The molecule has 0 aromatic carbocycles. The Morgan fingerprint density at radius 3 is 2.80 bits per heavy atom. The highest BCUT2D eigenvalue weighted by molar-refractivity contribution is 5.49. The van der Waals surface area contributed by atoms with Gasteiger partial charge in [-0.1, -0.05) is 13.8 Å². The number of aryl methyl sites for hydroxylation is 1. The minimum atomic E-state index is -0.260. The van der Waals surface area contributed by atoms with Crippen LogP contribution in [0, 0.1) is 12.3 Å². The van der Waals surface area contributed by atoms with Crippen LogP contribution in [0.25, 0.3) is 5.65 Å². The Labute approximate surface area is 118 Å². The third kappa shape index (κ3) is 3.16. The summed E-state index contributed by atoms with van der Waals surface area (Å²) in [4.78, 5) is 18.1. The van der Waals surface area contributed by atoms with Gasteiger partial charge in [0.25, 0.3) is 0 Å². The molecule has 0 radical (unpaired) electrons. The fourth-order valence-corrected chi connectivity index (χ4v) is 2.43. The fraction of sp³-hybridized carbons (Fsp3) is 0.615.